The molecule has 0 radical (unpaired) electrons. The lowest BCUT2D eigenvalue weighted by molar-refractivity contribution is 0.398. The Kier molecular flexibility index (Phi) is 5.21. The highest BCUT2D eigenvalue weighted by Crippen LogP contribution is 2.19. The molecule has 0 amide bonds. The number of hydrogen-bond acceptors (Lipinski definition) is 5. The molecule has 1 atom stereocenters. The van der Waals surface area contributed by atoms with Gasteiger partial charge < -0.3 is 5.32 Å². The van der Waals surface area contributed by atoms with E-state index < -0.39 is 30.6 Å². The van der Waals surface area contributed by atoms with Crippen LogP contribution in [0.5, 0.6) is 0 Å². The molecule has 6 nitrogen and oxygen atoms in total. The zero-order valence-electron chi connectivity index (χ0n) is 12.2. The third-order valence-electron chi connectivity index (χ3n) is 3.55. The average molecular weight is 350 g/mol. The monoisotopic (exact) mass is 350 g/mol. The fourth-order valence-corrected chi connectivity index (χ4v) is 4.16. The van der Waals surface area contributed by atoms with Crippen LogP contribution in [0.15, 0.2) is 28.0 Å². The van der Waals surface area contributed by atoms with Crippen molar-refractivity contribution in [2.45, 2.75) is 35.1 Å². The summed E-state index contributed by atoms with van der Waals surface area (Å²) in [5.74, 6) is -1.07. The fraction of sp³-hybridized carbons (Fsp3) is 0.538. The molecule has 0 spiro atoms. The van der Waals surface area contributed by atoms with Crippen LogP contribution in [-0.2, 0) is 19.9 Å². The molecule has 1 aliphatic rings. The smallest absolute Gasteiger partial charge is 0.240 e. The summed E-state index contributed by atoms with van der Waals surface area (Å²) in [5, 5.41) is 3.20. The van der Waals surface area contributed by atoms with Crippen LogP contribution in [-0.4, -0.2) is 42.2 Å². The van der Waals surface area contributed by atoms with Crippen LogP contribution in [0.25, 0.3) is 0 Å². The Bertz CT molecular complexity index is 741. The van der Waals surface area contributed by atoms with Gasteiger partial charge in [-0.05, 0) is 37.6 Å². The minimum Gasteiger partial charge on any atom is -0.313 e. The van der Waals surface area contributed by atoms with Gasteiger partial charge in [0.05, 0.1) is 4.90 Å². The zero-order valence-corrected chi connectivity index (χ0v) is 13.8. The third kappa shape index (κ3) is 4.25. The van der Waals surface area contributed by atoms with Crippen molar-refractivity contribution >= 4 is 19.9 Å². The maximum absolute atomic E-state index is 13.8. The van der Waals surface area contributed by atoms with Gasteiger partial charge in [-0.2, -0.15) is 0 Å². The van der Waals surface area contributed by atoms with Gasteiger partial charge in [-0.3, -0.25) is 0 Å². The number of hydrogen-bond donors (Lipinski definition) is 2. The molecule has 0 aromatic heterocycles. The lowest BCUT2D eigenvalue weighted by atomic mass is 10.1. The van der Waals surface area contributed by atoms with Crippen molar-refractivity contribution in [2.24, 2.45) is 0 Å². The Hall–Kier alpha value is -1.03. The summed E-state index contributed by atoms with van der Waals surface area (Å²) in [6.45, 7) is 1.07. The van der Waals surface area contributed by atoms with E-state index in [4.69, 9.17) is 0 Å². The topological polar surface area (TPSA) is 92.3 Å². The summed E-state index contributed by atoms with van der Waals surface area (Å²) < 4.78 is 63.1. The van der Waals surface area contributed by atoms with Crippen molar-refractivity contribution in [1.82, 2.24) is 10.0 Å². The van der Waals surface area contributed by atoms with Crippen LogP contribution in [0.1, 0.15) is 19.3 Å². The Labute approximate surface area is 130 Å². The zero-order chi connectivity index (χ0) is 16.4. The van der Waals surface area contributed by atoms with E-state index in [9.17, 15) is 21.2 Å². The third-order valence-corrected chi connectivity index (χ3v) is 6.10. The minimum absolute atomic E-state index is 0.0589. The van der Waals surface area contributed by atoms with Crippen LogP contribution < -0.4 is 10.0 Å². The Morgan fingerprint density at radius 1 is 1.27 bits per heavy atom. The standard InChI is InChI=1S/C13H19FN2O4S2/c1-21(17,18)13-6-5-11(8-12(13)14)22(19,20)16-9-10-4-2-3-7-15-10/h5-6,8,10,15-16H,2-4,7,9H2,1H3/t10-/m0/s1. The molecule has 0 bridgehead atoms. The van der Waals surface area contributed by atoms with Gasteiger partial charge in [0.15, 0.2) is 9.84 Å². The SMILES string of the molecule is CS(=O)(=O)c1ccc(S(=O)(=O)NC[C@@H]2CCCCN2)cc1F. The summed E-state index contributed by atoms with van der Waals surface area (Å²) in [4.78, 5) is -0.798. The average Bonchev–Trinajstić information content (AvgIpc) is 2.45. The van der Waals surface area contributed by atoms with Crippen molar-refractivity contribution in [1.29, 1.82) is 0 Å². The van der Waals surface area contributed by atoms with Gasteiger partial charge in [0, 0.05) is 18.8 Å². The van der Waals surface area contributed by atoms with Gasteiger partial charge in [-0.1, -0.05) is 6.42 Å². The van der Waals surface area contributed by atoms with E-state index in [1.165, 1.54) is 0 Å². The van der Waals surface area contributed by atoms with Crippen LogP contribution in [0.2, 0.25) is 0 Å². The number of sulfone groups is 1. The highest BCUT2D eigenvalue weighted by molar-refractivity contribution is 7.90. The molecule has 2 N–H and O–H groups in total. The first-order chi connectivity index (χ1) is 10.2. The van der Waals surface area contributed by atoms with E-state index in [1.54, 1.807) is 0 Å². The fourth-order valence-electron chi connectivity index (χ4n) is 2.34. The summed E-state index contributed by atoms with van der Waals surface area (Å²) >= 11 is 0. The predicted molar refractivity (Wildman–Crippen MR) is 80.3 cm³/mol. The lowest BCUT2D eigenvalue weighted by Crippen LogP contribution is -2.43. The van der Waals surface area contributed by atoms with Crippen molar-refractivity contribution < 1.29 is 21.2 Å². The predicted octanol–water partition coefficient (Wildman–Crippen LogP) is 0.650. The summed E-state index contributed by atoms with van der Waals surface area (Å²) in [7, 11) is -7.59. The van der Waals surface area contributed by atoms with Gasteiger partial charge in [-0.15, -0.1) is 0 Å². The molecule has 0 aliphatic carbocycles. The van der Waals surface area contributed by atoms with Crippen LogP contribution in [0.4, 0.5) is 4.39 Å². The molecule has 0 unspecified atom stereocenters. The Balaban J connectivity index is 2.14. The molecule has 1 saturated heterocycles. The molecule has 22 heavy (non-hydrogen) atoms. The molecule has 2 rings (SSSR count). The summed E-state index contributed by atoms with van der Waals surface area (Å²) in [6, 6.07) is 2.85. The maximum Gasteiger partial charge on any atom is 0.240 e. The number of rotatable bonds is 5. The molecular formula is C13H19FN2O4S2. The normalized spacial score (nSPS) is 20.0. The van der Waals surface area contributed by atoms with E-state index in [2.05, 4.69) is 10.0 Å². The summed E-state index contributed by atoms with van der Waals surface area (Å²) in [5.41, 5.74) is 0. The maximum atomic E-state index is 13.8. The number of nitrogens with one attached hydrogen (secondary N) is 2. The first-order valence-electron chi connectivity index (χ1n) is 6.93. The van der Waals surface area contributed by atoms with E-state index in [-0.39, 0.29) is 17.5 Å². The largest absolute Gasteiger partial charge is 0.313 e. The van der Waals surface area contributed by atoms with Gasteiger partial charge in [0.2, 0.25) is 10.0 Å². The van der Waals surface area contributed by atoms with E-state index in [0.29, 0.717) is 0 Å². The van der Waals surface area contributed by atoms with E-state index >= 15 is 0 Å². The van der Waals surface area contributed by atoms with E-state index in [0.717, 1.165) is 50.3 Å². The molecule has 1 heterocycles. The second-order valence-corrected chi connectivity index (χ2v) is 9.11. The first-order valence-corrected chi connectivity index (χ1v) is 10.3. The second kappa shape index (κ2) is 6.61. The molecule has 1 aromatic carbocycles. The Morgan fingerprint density at radius 2 is 2.00 bits per heavy atom. The highest BCUT2D eigenvalue weighted by Gasteiger charge is 2.21. The molecule has 1 fully saturated rings. The number of sulfonamides is 1. The summed E-state index contributed by atoms with van der Waals surface area (Å²) in [6.07, 6.45) is 3.86. The molecule has 124 valence electrons. The minimum atomic E-state index is -3.87. The van der Waals surface area contributed by atoms with Crippen molar-refractivity contribution in [3.63, 3.8) is 0 Å². The molecule has 0 saturated carbocycles. The number of benzene rings is 1. The number of piperidine rings is 1. The number of halogens is 1. The Morgan fingerprint density at radius 3 is 2.55 bits per heavy atom. The van der Waals surface area contributed by atoms with Gasteiger partial charge in [0.25, 0.3) is 0 Å². The quantitative estimate of drug-likeness (QED) is 0.813. The first kappa shape index (κ1) is 17.3. The molecule has 1 aliphatic heterocycles. The van der Waals surface area contributed by atoms with Gasteiger partial charge in [0.1, 0.15) is 10.7 Å². The molecule has 9 heteroatoms. The molecule has 1 aromatic rings. The van der Waals surface area contributed by atoms with Crippen LogP contribution in [0, 0.1) is 5.82 Å². The lowest BCUT2D eigenvalue weighted by Gasteiger charge is -2.23. The molecular weight excluding hydrogens is 331 g/mol. The van der Waals surface area contributed by atoms with Crippen LogP contribution >= 0.6 is 0 Å². The van der Waals surface area contributed by atoms with Crippen LogP contribution in [0.3, 0.4) is 0 Å². The van der Waals surface area contributed by atoms with E-state index in [1.807, 2.05) is 0 Å². The van der Waals surface area contributed by atoms with Crippen molar-refractivity contribution in [3.05, 3.63) is 24.0 Å². The van der Waals surface area contributed by atoms with Crippen molar-refractivity contribution in [2.75, 3.05) is 19.3 Å². The van der Waals surface area contributed by atoms with Gasteiger partial charge in [-0.25, -0.2) is 25.9 Å². The van der Waals surface area contributed by atoms with Crippen molar-refractivity contribution in [3.8, 4) is 0 Å². The van der Waals surface area contributed by atoms with Gasteiger partial charge >= 0.3 is 0 Å². The second-order valence-electron chi connectivity index (χ2n) is 5.36. The highest BCUT2D eigenvalue weighted by atomic mass is 32.2.